The number of aliphatic hydroxyl groups is 1. The van der Waals surface area contributed by atoms with Crippen molar-refractivity contribution in [3.63, 3.8) is 0 Å². The van der Waals surface area contributed by atoms with Crippen LogP contribution in [0.3, 0.4) is 0 Å². The Balaban J connectivity index is 3.48. The van der Waals surface area contributed by atoms with Crippen LogP contribution < -0.4 is 0 Å². The number of nitrogens with zero attached hydrogens (tertiary/aromatic N) is 1. The van der Waals surface area contributed by atoms with E-state index in [0.717, 1.165) is 37.2 Å². The van der Waals surface area contributed by atoms with Gasteiger partial charge in [-0.1, -0.05) is 26.2 Å². The third-order valence-corrected chi connectivity index (χ3v) is 2.66. The molecule has 2 unspecified atom stereocenters. The van der Waals surface area contributed by atoms with Crippen LogP contribution in [0.4, 0.5) is 0 Å². The zero-order valence-electron chi connectivity index (χ0n) is 9.70. The van der Waals surface area contributed by atoms with Crippen molar-refractivity contribution < 1.29 is 5.11 Å². The standard InChI is InChI=1S/C11H24NO2/c1-4-11(8-9-12(3)14)7-5-6-10(2)13/h10-11,13H,4-9H2,1-3H3/q-1. The van der Waals surface area contributed by atoms with Crippen molar-refractivity contribution in [1.29, 1.82) is 0 Å². The van der Waals surface area contributed by atoms with Gasteiger partial charge in [-0.25, -0.2) is 0 Å². The fraction of sp³-hybridized carbons (Fsp3) is 1.00. The van der Waals surface area contributed by atoms with Gasteiger partial charge >= 0.3 is 0 Å². The molecule has 0 aliphatic heterocycles. The van der Waals surface area contributed by atoms with Gasteiger partial charge in [0.15, 0.2) is 0 Å². The van der Waals surface area contributed by atoms with Gasteiger partial charge in [-0.05, 0) is 39.3 Å². The molecule has 14 heavy (non-hydrogen) atoms. The minimum atomic E-state index is -0.185. The van der Waals surface area contributed by atoms with Crippen LogP contribution in [0, 0.1) is 11.1 Å². The molecule has 0 aliphatic rings. The summed E-state index contributed by atoms with van der Waals surface area (Å²) in [7, 11) is 1.57. The highest BCUT2D eigenvalue weighted by Crippen LogP contribution is 2.17. The summed E-state index contributed by atoms with van der Waals surface area (Å²) in [5.74, 6) is 0.644. The lowest BCUT2D eigenvalue weighted by Crippen LogP contribution is -2.15. The first kappa shape index (κ1) is 13.9. The van der Waals surface area contributed by atoms with Gasteiger partial charge in [0.1, 0.15) is 0 Å². The van der Waals surface area contributed by atoms with Crippen molar-refractivity contribution in [1.82, 2.24) is 5.06 Å². The third-order valence-electron chi connectivity index (χ3n) is 2.66. The van der Waals surface area contributed by atoms with E-state index in [-0.39, 0.29) is 6.10 Å². The van der Waals surface area contributed by atoms with Crippen molar-refractivity contribution >= 4 is 0 Å². The van der Waals surface area contributed by atoms with Crippen molar-refractivity contribution in [2.45, 2.75) is 52.1 Å². The lowest BCUT2D eigenvalue weighted by atomic mass is 9.95. The molecule has 0 fully saturated rings. The molecule has 0 radical (unpaired) electrons. The summed E-state index contributed by atoms with van der Waals surface area (Å²) < 4.78 is 0. The lowest BCUT2D eigenvalue weighted by molar-refractivity contribution is 0.177. The van der Waals surface area contributed by atoms with E-state index in [1.54, 1.807) is 7.05 Å². The SMILES string of the molecule is CCC(CCCC(C)O)CCN(C)[O-]. The minimum Gasteiger partial charge on any atom is -0.785 e. The zero-order chi connectivity index (χ0) is 11.0. The second-order valence-electron chi connectivity index (χ2n) is 4.19. The number of hydrogen-bond donors (Lipinski definition) is 1. The molecule has 0 saturated heterocycles. The first-order valence-corrected chi connectivity index (χ1v) is 5.62. The average Bonchev–Trinajstić information content (AvgIpc) is 2.10. The molecule has 3 nitrogen and oxygen atoms in total. The molecule has 0 spiro atoms. The van der Waals surface area contributed by atoms with E-state index in [1.807, 2.05) is 6.92 Å². The summed E-state index contributed by atoms with van der Waals surface area (Å²) in [4.78, 5) is 0. The van der Waals surface area contributed by atoms with E-state index < -0.39 is 0 Å². The number of hydroxylamine groups is 2. The topological polar surface area (TPSA) is 46.5 Å². The molecule has 0 bridgehead atoms. The first-order valence-electron chi connectivity index (χ1n) is 5.62. The Kier molecular flexibility index (Phi) is 8.14. The van der Waals surface area contributed by atoms with Crippen LogP contribution in [-0.4, -0.2) is 29.9 Å². The number of hydrogen-bond acceptors (Lipinski definition) is 3. The molecule has 2 atom stereocenters. The molecule has 86 valence electrons. The first-order chi connectivity index (χ1) is 6.56. The van der Waals surface area contributed by atoms with Crippen molar-refractivity contribution in [2.24, 2.45) is 5.92 Å². The summed E-state index contributed by atoms with van der Waals surface area (Å²) >= 11 is 0. The van der Waals surface area contributed by atoms with Gasteiger partial charge in [0.05, 0.1) is 6.10 Å². The molecule has 0 aromatic heterocycles. The van der Waals surface area contributed by atoms with Crippen molar-refractivity contribution in [3.05, 3.63) is 5.21 Å². The summed E-state index contributed by atoms with van der Waals surface area (Å²) in [6.45, 7) is 4.62. The Morgan fingerprint density at radius 3 is 2.36 bits per heavy atom. The fourth-order valence-electron chi connectivity index (χ4n) is 1.62. The van der Waals surface area contributed by atoms with Crippen molar-refractivity contribution in [3.8, 4) is 0 Å². The van der Waals surface area contributed by atoms with Gasteiger partial charge in [0.25, 0.3) is 0 Å². The highest BCUT2D eigenvalue weighted by Gasteiger charge is 2.06. The van der Waals surface area contributed by atoms with Gasteiger partial charge < -0.3 is 15.4 Å². The van der Waals surface area contributed by atoms with E-state index >= 15 is 0 Å². The molecular weight excluding hydrogens is 178 g/mol. The molecule has 3 heteroatoms. The normalized spacial score (nSPS) is 15.9. The minimum absolute atomic E-state index is 0.185. The lowest BCUT2D eigenvalue weighted by Gasteiger charge is -2.24. The van der Waals surface area contributed by atoms with Gasteiger partial charge in [-0.3, -0.25) is 0 Å². The van der Waals surface area contributed by atoms with Gasteiger partial charge in [0, 0.05) is 0 Å². The summed E-state index contributed by atoms with van der Waals surface area (Å²) in [5.41, 5.74) is 0. The summed E-state index contributed by atoms with van der Waals surface area (Å²) in [6.07, 6.45) is 5.01. The van der Waals surface area contributed by atoms with Crippen LogP contribution in [0.15, 0.2) is 0 Å². The molecule has 0 saturated carbocycles. The van der Waals surface area contributed by atoms with E-state index in [1.165, 1.54) is 0 Å². The molecular formula is C11H24NO2-. The van der Waals surface area contributed by atoms with E-state index in [2.05, 4.69) is 6.92 Å². The Labute approximate surface area is 87.7 Å². The smallest absolute Gasteiger partial charge is 0.0512 e. The number of rotatable bonds is 8. The Morgan fingerprint density at radius 1 is 1.29 bits per heavy atom. The van der Waals surface area contributed by atoms with E-state index in [9.17, 15) is 5.21 Å². The fourth-order valence-corrected chi connectivity index (χ4v) is 1.62. The Bertz CT molecular complexity index is 126. The monoisotopic (exact) mass is 202 g/mol. The highest BCUT2D eigenvalue weighted by atomic mass is 16.5. The maximum atomic E-state index is 10.7. The largest absolute Gasteiger partial charge is 0.785 e. The predicted octanol–water partition coefficient (Wildman–Crippen LogP) is 2.38. The Hall–Kier alpha value is -0.120. The van der Waals surface area contributed by atoms with E-state index in [0.29, 0.717) is 12.5 Å². The van der Waals surface area contributed by atoms with Gasteiger partial charge in [0.2, 0.25) is 0 Å². The van der Waals surface area contributed by atoms with Crippen LogP contribution >= 0.6 is 0 Å². The molecule has 0 aliphatic carbocycles. The quantitative estimate of drug-likeness (QED) is 0.615. The van der Waals surface area contributed by atoms with Crippen LogP contribution in [0.25, 0.3) is 0 Å². The average molecular weight is 202 g/mol. The van der Waals surface area contributed by atoms with Gasteiger partial charge in [-0.15, -0.1) is 0 Å². The van der Waals surface area contributed by atoms with E-state index in [4.69, 9.17) is 5.11 Å². The second kappa shape index (κ2) is 8.21. The third kappa shape index (κ3) is 8.48. The van der Waals surface area contributed by atoms with Crippen LogP contribution in [0.1, 0.15) is 46.0 Å². The maximum absolute atomic E-state index is 10.7. The molecule has 1 N–H and O–H groups in total. The summed E-state index contributed by atoms with van der Waals surface area (Å²) in [5, 5.41) is 20.8. The molecule has 0 aromatic carbocycles. The molecule has 0 heterocycles. The second-order valence-corrected chi connectivity index (χ2v) is 4.19. The molecule has 0 amide bonds. The maximum Gasteiger partial charge on any atom is 0.0512 e. The summed E-state index contributed by atoms with van der Waals surface area (Å²) in [6, 6.07) is 0. The Morgan fingerprint density at radius 2 is 1.93 bits per heavy atom. The molecule has 0 rings (SSSR count). The zero-order valence-corrected chi connectivity index (χ0v) is 9.70. The van der Waals surface area contributed by atoms with Gasteiger partial charge in [-0.2, -0.15) is 0 Å². The highest BCUT2D eigenvalue weighted by molar-refractivity contribution is 4.62. The van der Waals surface area contributed by atoms with Crippen LogP contribution in [0.5, 0.6) is 0 Å². The molecule has 0 aromatic rings. The van der Waals surface area contributed by atoms with Crippen LogP contribution in [-0.2, 0) is 0 Å². The predicted molar refractivity (Wildman–Crippen MR) is 59.9 cm³/mol. The van der Waals surface area contributed by atoms with Crippen molar-refractivity contribution in [2.75, 3.05) is 13.6 Å². The number of aliphatic hydroxyl groups excluding tert-OH is 1. The van der Waals surface area contributed by atoms with Crippen LogP contribution in [0.2, 0.25) is 0 Å².